The van der Waals surface area contributed by atoms with Crippen LogP contribution in [-0.2, 0) is 4.79 Å². The van der Waals surface area contributed by atoms with Gasteiger partial charge in [0.15, 0.2) is 0 Å². The second kappa shape index (κ2) is 6.34. The van der Waals surface area contributed by atoms with Gasteiger partial charge in [0.1, 0.15) is 6.10 Å². The monoisotopic (exact) mass is 312 g/mol. The van der Waals surface area contributed by atoms with Crippen molar-refractivity contribution in [1.29, 1.82) is 0 Å². The minimum Gasteiger partial charge on any atom is -0.474 e. The van der Waals surface area contributed by atoms with E-state index < -0.39 is 0 Å². The first-order valence-corrected chi connectivity index (χ1v) is 8.86. The zero-order valence-corrected chi connectivity index (χ0v) is 13.4. The first-order chi connectivity index (χ1) is 11.3. The van der Waals surface area contributed by atoms with E-state index in [0.717, 1.165) is 44.9 Å². The van der Waals surface area contributed by atoms with Crippen LogP contribution in [0, 0.1) is 5.92 Å². The van der Waals surface area contributed by atoms with Crippen molar-refractivity contribution < 1.29 is 9.53 Å². The largest absolute Gasteiger partial charge is 0.474 e. The third kappa shape index (κ3) is 2.99. The molecule has 0 N–H and O–H groups in total. The van der Waals surface area contributed by atoms with Crippen LogP contribution in [0.2, 0.25) is 0 Å². The summed E-state index contributed by atoms with van der Waals surface area (Å²) in [5, 5.41) is 0. The van der Waals surface area contributed by atoms with Gasteiger partial charge in [0.05, 0.1) is 0 Å². The molecule has 0 radical (unpaired) electrons. The summed E-state index contributed by atoms with van der Waals surface area (Å²) in [5.41, 5.74) is 0. The maximum Gasteiger partial charge on any atom is 0.226 e. The zero-order chi connectivity index (χ0) is 15.6. The van der Waals surface area contributed by atoms with Crippen LogP contribution in [0.4, 0.5) is 0 Å². The molecule has 3 unspecified atom stereocenters. The van der Waals surface area contributed by atoms with E-state index in [1.54, 1.807) is 6.20 Å². The van der Waals surface area contributed by atoms with Gasteiger partial charge in [0.2, 0.25) is 11.8 Å². The summed E-state index contributed by atoms with van der Waals surface area (Å²) in [5.74, 6) is 1.29. The van der Waals surface area contributed by atoms with Crippen molar-refractivity contribution in [3.8, 4) is 5.88 Å². The number of amides is 1. The second-order valence-electron chi connectivity index (χ2n) is 6.99. The number of allylic oxidation sites excluding steroid dienone is 2. The third-order valence-corrected chi connectivity index (χ3v) is 5.49. The summed E-state index contributed by atoms with van der Waals surface area (Å²) < 4.78 is 6.05. The van der Waals surface area contributed by atoms with Crippen LogP contribution in [0.1, 0.15) is 44.9 Å². The Kier molecular flexibility index (Phi) is 4.06. The molecule has 1 amide bonds. The lowest BCUT2D eigenvalue weighted by Gasteiger charge is -2.40. The van der Waals surface area contributed by atoms with Crippen molar-refractivity contribution in [2.24, 2.45) is 5.92 Å². The number of hydrogen-bond donors (Lipinski definition) is 0. The van der Waals surface area contributed by atoms with E-state index in [4.69, 9.17) is 4.74 Å². The minimum atomic E-state index is 0.192. The predicted molar refractivity (Wildman–Crippen MR) is 88.0 cm³/mol. The normalized spacial score (nSPS) is 32.8. The first kappa shape index (κ1) is 14.7. The zero-order valence-electron chi connectivity index (χ0n) is 13.4. The van der Waals surface area contributed by atoms with Crippen LogP contribution in [0.3, 0.4) is 0 Å². The van der Waals surface area contributed by atoms with Crippen molar-refractivity contribution in [3.05, 3.63) is 36.5 Å². The van der Waals surface area contributed by atoms with Gasteiger partial charge in [-0.1, -0.05) is 18.2 Å². The number of pyridine rings is 1. The molecule has 4 rings (SSSR count). The molecule has 4 nitrogen and oxygen atoms in total. The van der Waals surface area contributed by atoms with E-state index in [1.807, 2.05) is 18.2 Å². The highest BCUT2D eigenvalue weighted by Crippen LogP contribution is 2.39. The second-order valence-corrected chi connectivity index (χ2v) is 6.99. The Morgan fingerprint density at radius 1 is 1.13 bits per heavy atom. The molecule has 1 aliphatic carbocycles. The number of piperidine rings is 1. The molecule has 2 aliphatic heterocycles. The standard InChI is InChI=1S/C19H24N2O2/c22-19(14-6-2-1-3-7-14)21-15-9-10-16(21)13-17(12-15)23-18-8-4-5-11-20-18/h1-2,4-5,8,11,14-17H,3,6-7,9-10,12-13H2. The molecular formula is C19H24N2O2. The smallest absolute Gasteiger partial charge is 0.226 e. The van der Waals surface area contributed by atoms with Crippen molar-refractivity contribution in [3.63, 3.8) is 0 Å². The number of carbonyl (C=O) groups is 1. The number of rotatable bonds is 3. The quantitative estimate of drug-likeness (QED) is 0.804. The van der Waals surface area contributed by atoms with Gasteiger partial charge in [-0.2, -0.15) is 0 Å². The molecule has 23 heavy (non-hydrogen) atoms. The average molecular weight is 312 g/mol. The number of hydrogen-bond acceptors (Lipinski definition) is 3. The molecule has 2 fully saturated rings. The molecule has 2 saturated heterocycles. The van der Waals surface area contributed by atoms with Crippen molar-refractivity contribution in [2.75, 3.05) is 0 Å². The van der Waals surface area contributed by atoms with E-state index in [1.165, 1.54) is 0 Å². The summed E-state index contributed by atoms with van der Waals surface area (Å²) in [6.45, 7) is 0. The molecule has 0 aromatic carbocycles. The van der Waals surface area contributed by atoms with Crippen LogP contribution >= 0.6 is 0 Å². The molecular weight excluding hydrogens is 288 g/mol. The SMILES string of the molecule is O=C(C1CC=CCC1)N1C2CCC1CC(Oc1ccccn1)C2. The molecule has 1 aromatic rings. The minimum absolute atomic E-state index is 0.192. The first-order valence-electron chi connectivity index (χ1n) is 8.86. The Morgan fingerprint density at radius 3 is 2.61 bits per heavy atom. The third-order valence-electron chi connectivity index (χ3n) is 5.49. The lowest BCUT2D eigenvalue weighted by Crippen LogP contribution is -2.51. The van der Waals surface area contributed by atoms with Gasteiger partial charge in [-0.05, 0) is 38.2 Å². The summed E-state index contributed by atoms with van der Waals surface area (Å²) in [4.78, 5) is 19.4. The number of nitrogens with zero attached hydrogens (tertiary/aromatic N) is 2. The molecule has 1 aromatic heterocycles. The van der Waals surface area contributed by atoms with Gasteiger partial charge in [0.25, 0.3) is 0 Å². The van der Waals surface area contributed by atoms with Crippen molar-refractivity contribution in [1.82, 2.24) is 9.88 Å². The fourth-order valence-electron chi connectivity index (χ4n) is 4.40. The molecule has 0 saturated carbocycles. The lowest BCUT2D eigenvalue weighted by molar-refractivity contribution is -0.141. The van der Waals surface area contributed by atoms with Gasteiger partial charge in [0, 0.05) is 43.1 Å². The molecule has 3 atom stereocenters. The topological polar surface area (TPSA) is 42.4 Å². The van der Waals surface area contributed by atoms with Crippen molar-refractivity contribution in [2.45, 2.75) is 63.1 Å². The Morgan fingerprint density at radius 2 is 1.96 bits per heavy atom. The molecule has 3 heterocycles. The summed E-state index contributed by atoms with van der Waals surface area (Å²) in [6, 6.07) is 6.48. The number of carbonyl (C=O) groups excluding carboxylic acids is 1. The van der Waals surface area contributed by atoms with E-state index in [2.05, 4.69) is 22.0 Å². The van der Waals surface area contributed by atoms with Gasteiger partial charge >= 0.3 is 0 Å². The lowest BCUT2D eigenvalue weighted by atomic mass is 9.90. The van der Waals surface area contributed by atoms with Gasteiger partial charge in [-0.25, -0.2) is 4.98 Å². The van der Waals surface area contributed by atoms with E-state index in [9.17, 15) is 4.79 Å². The average Bonchev–Trinajstić information content (AvgIpc) is 2.87. The van der Waals surface area contributed by atoms with Crippen LogP contribution in [0.5, 0.6) is 5.88 Å². The maximum absolute atomic E-state index is 12.9. The Hall–Kier alpha value is -1.84. The van der Waals surface area contributed by atoms with Gasteiger partial charge in [-0.15, -0.1) is 0 Å². The highest BCUT2D eigenvalue weighted by atomic mass is 16.5. The highest BCUT2D eigenvalue weighted by molar-refractivity contribution is 5.80. The number of fused-ring (bicyclic) bond motifs is 2. The molecule has 2 bridgehead atoms. The van der Waals surface area contributed by atoms with Crippen molar-refractivity contribution >= 4 is 5.91 Å². The summed E-state index contributed by atoms with van der Waals surface area (Å²) >= 11 is 0. The van der Waals surface area contributed by atoms with Gasteiger partial charge < -0.3 is 9.64 Å². The van der Waals surface area contributed by atoms with E-state index >= 15 is 0 Å². The summed E-state index contributed by atoms with van der Waals surface area (Å²) in [7, 11) is 0. The number of aromatic nitrogens is 1. The fourth-order valence-corrected chi connectivity index (χ4v) is 4.40. The molecule has 0 spiro atoms. The molecule has 4 heteroatoms. The van der Waals surface area contributed by atoms with E-state index in [-0.39, 0.29) is 12.0 Å². The number of ether oxygens (including phenoxy) is 1. The Bertz CT molecular complexity index is 572. The van der Waals surface area contributed by atoms with Crippen LogP contribution in [0.25, 0.3) is 0 Å². The van der Waals surface area contributed by atoms with Crippen LogP contribution < -0.4 is 4.74 Å². The molecule has 122 valence electrons. The fraction of sp³-hybridized carbons (Fsp3) is 0.579. The predicted octanol–water partition coefficient (Wildman–Crippen LogP) is 3.34. The highest BCUT2D eigenvalue weighted by Gasteiger charge is 2.45. The maximum atomic E-state index is 12.9. The Labute approximate surface area is 137 Å². The Balaban J connectivity index is 1.41. The summed E-state index contributed by atoms with van der Waals surface area (Å²) in [6.07, 6.45) is 13.4. The van der Waals surface area contributed by atoms with Crippen LogP contribution in [0.15, 0.2) is 36.5 Å². The van der Waals surface area contributed by atoms with E-state index in [0.29, 0.717) is 23.9 Å². The molecule has 3 aliphatic rings. The van der Waals surface area contributed by atoms with Gasteiger partial charge in [-0.3, -0.25) is 4.79 Å². The van der Waals surface area contributed by atoms with Crippen LogP contribution in [-0.4, -0.2) is 34.0 Å².